The molecule has 0 aromatic rings. The monoisotopic (exact) mass is 227 g/mol. The third-order valence-corrected chi connectivity index (χ3v) is 3.00. The molecule has 5 heteroatoms. The van der Waals surface area contributed by atoms with Crippen LogP contribution >= 0.6 is 0 Å². The minimum Gasteiger partial charge on any atom is -0.469 e. The normalized spacial score (nSPS) is 24.9. The topological polar surface area (TPSA) is 66.8 Å². The maximum Gasteiger partial charge on any atom is 0.407 e. The number of methoxy groups -OCH3 is 1. The molecule has 2 atom stereocenters. The Morgan fingerprint density at radius 3 is 2.81 bits per heavy atom. The van der Waals surface area contributed by atoms with E-state index in [0.29, 0.717) is 19.4 Å². The van der Waals surface area contributed by atoms with Gasteiger partial charge in [0, 0.05) is 13.1 Å². The zero-order valence-electron chi connectivity index (χ0n) is 9.39. The Bertz CT molecular complexity index is 290. The fourth-order valence-electron chi connectivity index (χ4n) is 2.09. The first-order valence-electron chi connectivity index (χ1n) is 5.26. The van der Waals surface area contributed by atoms with E-state index in [2.05, 4.69) is 6.58 Å². The fourth-order valence-corrected chi connectivity index (χ4v) is 2.09. The van der Waals surface area contributed by atoms with Gasteiger partial charge < -0.3 is 14.7 Å². The number of nitrogens with zero attached hydrogens (tertiary/aromatic N) is 1. The summed E-state index contributed by atoms with van der Waals surface area (Å²) in [7, 11) is 1.33. The second-order valence-corrected chi connectivity index (χ2v) is 3.93. The number of carbonyl (C=O) groups is 2. The molecule has 0 aromatic heterocycles. The lowest BCUT2D eigenvalue weighted by molar-refractivity contribution is -0.149. The molecule has 16 heavy (non-hydrogen) atoms. The van der Waals surface area contributed by atoms with Crippen molar-refractivity contribution in [3.63, 3.8) is 0 Å². The van der Waals surface area contributed by atoms with Gasteiger partial charge in [0.25, 0.3) is 0 Å². The van der Waals surface area contributed by atoms with E-state index in [1.54, 1.807) is 6.08 Å². The van der Waals surface area contributed by atoms with Gasteiger partial charge in [-0.15, -0.1) is 6.58 Å². The lowest BCUT2D eigenvalue weighted by Crippen LogP contribution is -2.46. The van der Waals surface area contributed by atoms with E-state index in [1.165, 1.54) is 12.0 Å². The molecule has 1 aliphatic rings. The Hall–Kier alpha value is -1.52. The van der Waals surface area contributed by atoms with E-state index in [-0.39, 0.29) is 24.3 Å². The van der Waals surface area contributed by atoms with Gasteiger partial charge in [0.05, 0.1) is 13.0 Å². The predicted octanol–water partition coefficient (Wildman–Crippen LogP) is 1.35. The van der Waals surface area contributed by atoms with Gasteiger partial charge in [-0.3, -0.25) is 4.79 Å². The Kier molecular flexibility index (Phi) is 4.34. The molecule has 1 rings (SSSR count). The first-order valence-corrected chi connectivity index (χ1v) is 5.26. The number of likely N-dealkylation sites (tertiary alicyclic amines) is 1. The molecule has 1 fully saturated rings. The zero-order chi connectivity index (χ0) is 12.1. The molecule has 1 saturated heterocycles. The van der Waals surface area contributed by atoms with E-state index in [1.807, 2.05) is 0 Å². The van der Waals surface area contributed by atoms with Crippen molar-refractivity contribution in [2.75, 3.05) is 20.2 Å². The van der Waals surface area contributed by atoms with Crippen molar-refractivity contribution in [1.82, 2.24) is 4.90 Å². The molecular weight excluding hydrogens is 210 g/mol. The Labute approximate surface area is 94.7 Å². The molecule has 5 nitrogen and oxygen atoms in total. The average molecular weight is 227 g/mol. The number of hydrogen-bond acceptors (Lipinski definition) is 3. The molecule has 0 saturated carbocycles. The molecule has 0 spiro atoms. The average Bonchev–Trinajstić information content (AvgIpc) is 2.28. The molecule has 1 N–H and O–H groups in total. The van der Waals surface area contributed by atoms with Crippen LogP contribution in [0, 0.1) is 11.8 Å². The molecule has 0 aromatic carbocycles. The smallest absolute Gasteiger partial charge is 0.407 e. The second kappa shape index (κ2) is 5.53. The molecule has 1 amide bonds. The van der Waals surface area contributed by atoms with E-state index in [0.717, 1.165) is 0 Å². The van der Waals surface area contributed by atoms with Gasteiger partial charge in [-0.2, -0.15) is 0 Å². The number of piperidine rings is 1. The maximum absolute atomic E-state index is 11.5. The number of hydrogen-bond donors (Lipinski definition) is 1. The SMILES string of the molecule is C=CCC1CCN(C(=O)O)CC1C(=O)OC. The molecule has 0 aliphatic carbocycles. The molecule has 2 unspecified atom stereocenters. The van der Waals surface area contributed by atoms with Crippen LogP contribution in [0.15, 0.2) is 12.7 Å². The van der Waals surface area contributed by atoms with Crippen LogP contribution in [0.3, 0.4) is 0 Å². The number of carboxylic acid groups (broad SMARTS) is 1. The lowest BCUT2D eigenvalue weighted by Gasteiger charge is -2.35. The fraction of sp³-hybridized carbons (Fsp3) is 0.636. The third kappa shape index (κ3) is 2.74. The summed E-state index contributed by atoms with van der Waals surface area (Å²) in [6, 6.07) is 0. The van der Waals surface area contributed by atoms with Crippen LogP contribution in [-0.2, 0) is 9.53 Å². The van der Waals surface area contributed by atoms with Gasteiger partial charge in [0.2, 0.25) is 0 Å². The summed E-state index contributed by atoms with van der Waals surface area (Å²) < 4.78 is 4.70. The number of carbonyl (C=O) groups excluding carboxylic acids is 1. The predicted molar refractivity (Wildman–Crippen MR) is 58.0 cm³/mol. The third-order valence-electron chi connectivity index (χ3n) is 3.00. The number of allylic oxidation sites excluding steroid dienone is 1. The number of esters is 1. The highest BCUT2D eigenvalue weighted by atomic mass is 16.5. The summed E-state index contributed by atoms with van der Waals surface area (Å²) >= 11 is 0. The first kappa shape index (κ1) is 12.5. The van der Waals surface area contributed by atoms with Crippen LogP contribution in [0.4, 0.5) is 4.79 Å². The first-order chi connectivity index (χ1) is 7.60. The summed E-state index contributed by atoms with van der Waals surface area (Å²) in [5, 5.41) is 8.88. The highest BCUT2D eigenvalue weighted by Gasteiger charge is 2.35. The minimum atomic E-state index is -0.981. The van der Waals surface area contributed by atoms with E-state index >= 15 is 0 Å². The van der Waals surface area contributed by atoms with Gasteiger partial charge in [-0.1, -0.05) is 6.08 Å². The van der Waals surface area contributed by atoms with Crippen molar-refractivity contribution >= 4 is 12.1 Å². The maximum atomic E-state index is 11.5. The summed E-state index contributed by atoms with van der Waals surface area (Å²) in [6.07, 6.45) is 2.17. The van der Waals surface area contributed by atoms with Crippen LogP contribution < -0.4 is 0 Å². The van der Waals surface area contributed by atoms with Gasteiger partial charge in [-0.25, -0.2) is 4.79 Å². The lowest BCUT2D eigenvalue weighted by atomic mass is 9.83. The van der Waals surface area contributed by atoms with Crippen LogP contribution in [-0.4, -0.2) is 42.3 Å². The second-order valence-electron chi connectivity index (χ2n) is 3.93. The van der Waals surface area contributed by atoms with Gasteiger partial charge in [0.1, 0.15) is 0 Å². The molecule has 1 heterocycles. The van der Waals surface area contributed by atoms with Crippen molar-refractivity contribution in [2.24, 2.45) is 11.8 Å². The number of amides is 1. The largest absolute Gasteiger partial charge is 0.469 e. The number of ether oxygens (including phenoxy) is 1. The van der Waals surface area contributed by atoms with Crippen molar-refractivity contribution < 1.29 is 19.4 Å². The van der Waals surface area contributed by atoms with Gasteiger partial charge in [-0.05, 0) is 18.8 Å². The number of rotatable bonds is 3. The van der Waals surface area contributed by atoms with Crippen LogP contribution in [0.25, 0.3) is 0 Å². The van der Waals surface area contributed by atoms with Crippen molar-refractivity contribution in [1.29, 1.82) is 0 Å². The summed E-state index contributed by atoms with van der Waals surface area (Å²) in [4.78, 5) is 23.6. The van der Waals surface area contributed by atoms with E-state index < -0.39 is 6.09 Å². The molecule has 0 bridgehead atoms. The standard InChI is InChI=1S/C11H17NO4/c1-3-4-8-5-6-12(11(14)15)7-9(8)10(13)16-2/h3,8-9H,1,4-7H2,2H3,(H,14,15). The van der Waals surface area contributed by atoms with Gasteiger partial charge >= 0.3 is 12.1 Å². The quantitative estimate of drug-likeness (QED) is 0.583. The molecular formula is C11H17NO4. The van der Waals surface area contributed by atoms with Crippen LogP contribution in [0.1, 0.15) is 12.8 Å². The van der Waals surface area contributed by atoms with Crippen molar-refractivity contribution in [3.8, 4) is 0 Å². The van der Waals surface area contributed by atoms with Crippen molar-refractivity contribution in [2.45, 2.75) is 12.8 Å². The highest BCUT2D eigenvalue weighted by Crippen LogP contribution is 2.27. The van der Waals surface area contributed by atoms with Crippen molar-refractivity contribution in [3.05, 3.63) is 12.7 Å². The zero-order valence-corrected chi connectivity index (χ0v) is 9.39. The molecule has 1 aliphatic heterocycles. The Morgan fingerprint density at radius 1 is 1.62 bits per heavy atom. The Balaban J connectivity index is 2.72. The van der Waals surface area contributed by atoms with Gasteiger partial charge in [0.15, 0.2) is 0 Å². The summed E-state index contributed by atoms with van der Waals surface area (Å²) in [6.45, 7) is 4.34. The summed E-state index contributed by atoms with van der Waals surface area (Å²) in [5.74, 6) is -0.564. The molecule has 90 valence electrons. The molecule has 0 radical (unpaired) electrons. The van der Waals surface area contributed by atoms with E-state index in [4.69, 9.17) is 9.84 Å². The summed E-state index contributed by atoms with van der Waals surface area (Å²) in [5.41, 5.74) is 0. The van der Waals surface area contributed by atoms with Crippen LogP contribution in [0.5, 0.6) is 0 Å². The highest BCUT2D eigenvalue weighted by molar-refractivity contribution is 5.74. The Morgan fingerprint density at radius 2 is 2.31 bits per heavy atom. The van der Waals surface area contributed by atoms with E-state index in [9.17, 15) is 9.59 Å². The minimum absolute atomic E-state index is 0.139. The van der Waals surface area contributed by atoms with Crippen LogP contribution in [0.2, 0.25) is 0 Å².